The third kappa shape index (κ3) is 2.64. The molecular formula is C7H19N3. The Kier molecular flexibility index (Phi) is 3.28. The summed E-state index contributed by atoms with van der Waals surface area (Å²) >= 11 is 0. The average molecular weight is 145 g/mol. The first-order valence-electron chi connectivity index (χ1n) is 3.57. The van der Waals surface area contributed by atoms with Gasteiger partial charge in [-0.25, -0.2) is 5.01 Å². The third-order valence-corrected chi connectivity index (χ3v) is 1.71. The number of nitrogens with two attached hydrogens (primary N) is 2. The fourth-order valence-corrected chi connectivity index (χ4v) is 1.13. The highest BCUT2D eigenvalue weighted by atomic mass is 15.4. The molecule has 0 saturated carbocycles. The molecule has 1 unspecified atom stereocenters. The van der Waals surface area contributed by atoms with Gasteiger partial charge in [0.2, 0.25) is 0 Å². The molecule has 0 rings (SSSR count). The van der Waals surface area contributed by atoms with Gasteiger partial charge in [0, 0.05) is 19.6 Å². The lowest BCUT2D eigenvalue weighted by Gasteiger charge is -2.34. The highest BCUT2D eigenvalue weighted by molar-refractivity contribution is 4.79. The normalized spacial score (nSPS) is 15.9. The maximum atomic E-state index is 5.59. The van der Waals surface area contributed by atoms with Crippen LogP contribution >= 0.6 is 0 Å². The van der Waals surface area contributed by atoms with E-state index in [1.165, 1.54) is 0 Å². The van der Waals surface area contributed by atoms with Crippen molar-refractivity contribution in [1.82, 2.24) is 5.01 Å². The van der Waals surface area contributed by atoms with E-state index in [2.05, 4.69) is 20.8 Å². The fraction of sp³-hybridized carbons (Fsp3) is 1.00. The molecular weight excluding hydrogens is 126 g/mol. The summed E-state index contributed by atoms with van der Waals surface area (Å²) in [5, 5.41) is 1.68. The lowest BCUT2D eigenvalue weighted by atomic mass is 9.86. The van der Waals surface area contributed by atoms with Crippen LogP contribution in [0.15, 0.2) is 0 Å². The van der Waals surface area contributed by atoms with Gasteiger partial charge in [0.15, 0.2) is 0 Å². The molecule has 0 radical (unpaired) electrons. The summed E-state index contributed by atoms with van der Waals surface area (Å²) < 4.78 is 0. The van der Waals surface area contributed by atoms with Crippen LogP contribution < -0.4 is 11.6 Å². The molecule has 62 valence electrons. The second kappa shape index (κ2) is 3.32. The van der Waals surface area contributed by atoms with Gasteiger partial charge in [-0.05, 0) is 5.41 Å². The van der Waals surface area contributed by atoms with E-state index in [9.17, 15) is 0 Å². The van der Waals surface area contributed by atoms with E-state index in [4.69, 9.17) is 11.6 Å². The predicted octanol–water partition coefficient (Wildman–Crippen LogP) is 0.165. The molecule has 0 bridgehead atoms. The smallest absolute Gasteiger partial charge is 0.0408 e. The van der Waals surface area contributed by atoms with Gasteiger partial charge in [0.05, 0.1) is 0 Å². The van der Waals surface area contributed by atoms with Gasteiger partial charge in [-0.1, -0.05) is 20.8 Å². The van der Waals surface area contributed by atoms with Gasteiger partial charge in [-0.2, -0.15) is 0 Å². The largest absolute Gasteiger partial charge is 0.329 e. The Balaban J connectivity index is 4.07. The van der Waals surface area contributed by atoms with Gasteiger partial charge in [0.25, 0.3) is 0 Å². The first kappa shape index (κ1) is 9.88. The Morgan fingerprint density at radius 1 is 1.40 bits per heavy atom. The first-order chi connectivity index (χ1) is 4.39. The summed E-state index contributed by atoms with van der Waals surface area (Å²) in [6.07, 6.45) is 0. The maximum Gasteiger partial charge on any atom is 0.0408 e. The molecule has 0 aliphatic carbocycles. The Morgan fingerprint density at radius 2 is 1.80 bits per heavy atom. The van der Waals surface area contributed by atoms with Crippen molar-refractivity contribution in [3.05, 3.63) is 0 Å². The predicted molar refractivity (Wildman–Crippen MR) is 44.2 cm³/mol. The van der Waals surface area contributed by atoms with E-state index in [0.29, 0.717) is 6.54 Å². The fourth-order valence-electron chi connectivity index (χ4n) is 1.13. The van der Waals surface area contributed by atoms with Crippen LogP contribution in [0.25, 0.3) is 0 Å². The molecule has 0 saturated heterocycles. The highest BCUT2D eigenvalue weighted by Crippen LogP contribution is 2.20. The van der Waals surface area contributed by atoms with Crippen LogP contribution in [0.4, 0.5) is 0 Å². The Labute approximate surface area is 63.3 Å². The summed E-state index contributed by atoms with van der Waals surface area (Å²) in [5.41, 5.74) is 5.70. The zero-order chi connectivity index (χ0) is 8.36. The molecule has 10 heavy (non-hydrogen) atoms. The molecule has 0 aliphatic heterocycles. The second-order valence-electron chi connectivity index (χ2n) is 3.78. The molecule has 0 aromatic heterocycles. The van der Waals surface area contributed by atoms with Crippen LogP contribution in [0.3, 0.4) is 0 Å². The summed E-state index contributed by atoms with van der Waals surface area (Å²) in [7, 11) is 1.85. The molecule has 1 atom stereocenters. The number of rotatable bonds is 2. The van der Waals surface area contributed by atoms with Crippen LogP contribution in [0.5, 0.6) is 0 Å². The van der Waals surface area contributed by atoms with Gasteiger partial charge >= 0.3 is 0 Å². The van der Waals surface area contributed by atoms with E-state index in [-0.39, 0.29) is 11.5 Å². The van der Waals surface area contributed by atoms with Crippen LogP contribution in [-0.4, -0.2) is 24.6 Å². The molecule has 0 heterocycles. The number of hydrogen-bond acceptors (Lipinski definition) is 3. The van der Waals surface area contributed by atoms with Crippen molar-refractivity contribution in [3.8, 4) is 0 Å². The minimum absolute atomic E-state index is 0.165. The number of likely N-dealkylation sites (N-methyl/N-ethyl adjacent to an activating group) is 1. The van der Waals surface area contributed by atoms with Crippen LogP contribution in [0, 0.1) is 5.41 Å². The minimum Gasteiger partial charge on any atom is -0.329 e. The Morgan fingerprint density at radius 3 is 1.80 bits per heavy atom. The van der Waals surface area contributed by atoms with E-state index in [1.54, 1.807) is 5.01 Å². The summed E-state index contributed by atoms with van der Waals surface area (Å²) in [5.74, 6) is 5.59. The Bertz CT molecular complexity index is 93.5. The first-order valence-corrected chi connectivity index (χ1v) is 3.57. The van der Waals surface area contributed by atoms with Gasteiger partial charge < -0.3 is 5.73 Å². The Hall–Kier alpha value is -0.120. The SMILES string of the molecule is CN(N)C(CN)C(C)(C)C. The molecule has 0 aliphatic rings. The zero-order valence-electron chi connectivity index (χ0n) is 7.39. The quantitative estimate of drug-likeness (QED) is 0.430. The maximum absolute atomic E-state index is 5.59. The molecule has 0 fully saturated rings. The second-order valence-corrected chi connectivity index (χ2v) is 3.78. The number of hydrogen-bond donors (Lipinski definition) is 2. The van der Waals surface area contributed by atoms with Crippen LogP contribution in [-0.2, 0) is 0 Å². The van der Waals surface area contributed by atoms with Crippen molar-refractivity contribution in [2.24, 2.45) is 17.0 Å². The summed E-state index contributed by atoms with van der Waals surface area (Å²) in [4.78, 5) is 0. The molecule has 3 heteroatoms. The lowest BCUT2D eigenvalue weighted by Crippen LogP contribution is -2.50. The average Bonchev–Trinajstić information content (AvgIpc) is 1.60. The molecule has 3 nitrogen and oxygen atoms in total. The van der Waals surface area contributed by atoms with Crippen molar-refractivity contribution >= 4 is 0 Å². The summed E-state index contributed by atoms with van der Waals surface area (Å²) in [6.45, 7) is 7.01. The van der Waals surface area contributed by atoms with Gasteiger partial charge in [0.1, 0.15) is 0 Å². The van der Waals surface area contributed by atoms with Crippen molar-refractivity contribution in [1.29, 1.82) is 0 Å². The number of hydrazine groups is 1. The molecule has 0 amide bonds. The molecule has 0 aromatic carbocycles. The molecule has 0 spiro atoms. The third-order valence-electron chi connectivity index (χ3n) is 1.71. The van der Waals surface area contributed by atoms with E-state index in [0.717, 1.165) is 0 Å². The number of nitrogens with zero attached hydrogens (tertiary/aromatic N) is 1. The molecule has 4 N–H and O–H groups in total. The van der Waals surface area contributed by atoms with Crippen LogP contribution in [0.2, 0.25) is 0 Å². The monoisotopic (exact) mass is 145 g/mol. The van der Waals surface area contributed by atoms with E-state index < -0.39 is 0 Å². The lowest BCUT2D eigenvalue weighted by molar-refractivity contribution is 0.133. The van der Waals surface area contributed by atoms with Crippen molar-refractivity contribution in [2.45, 2.75) is 26.8 Å². The van der Waals surface area contributed by atoms with E-state index in [1.807, 2.05) is 7.05 Å². The van der Waals surface area contributed by atoms with Crippen molar-refractivity contribution < 1.29 is 0 Å². The molecule has 0 aromatic rings. The summed E-state index contributed by atoms with van der Waals surface area (Å²) in [6, 6.07) is 0.257. The van der Waals surface area contributed by atoms with Gasteiger partial charge in [-0.3, -0.25) is 5.84 Å². The van der Waals surface area contributed by atoms with Gasteiger partial charge in [-0.15, -0.1) is 0 Å². The van der Waals surface area contributed by atoms with Crippen LogP contribution in [0.1, 0.15) is 20.8 Å². The van der Waals surface area contributed by atoms with E-state index >= 15 is 0 Å². The zero-order valence-corrected chi connectivity index (χ0v) is 7.39. The van der Waals surface area contributed by atoms with Crippen molar-refractivity contribution in [3.63, 3.8) is 0 Å². The highest BCUT2D eigenvalue weighted by Gasteiger charge is 2.24. The van der Waals surface area contributed by atoms with Crippen molar-refractivity contribution in [2.75, 3.05) is 13.6 Å². The minimum atomic E-state index is 0.165. The topological polar surface area (TPSA) is 55.3 Å². The standard InChI is InChI=1S/C7H19N3/c1-7(2,3)6(5-8)10(4)9/h6H,5,8-9H2,1-4H3.